The highest BCUT2D eigenvalue weighted by atomic mass is 16.4. The first-order valence-corrected chi connectivity index (χ1v) is 9.83. The molecule has 27 heavy (non-hydrogen) atoms. The van der Waals surface area contributed by atoms with Crippen LogP contribution in [0.1, 0.15) is 62.8 Å². The molecule has 2 heterocycles. The van der Waals surface area contributed by atoms with Crippen molar-refractivity contribution in [2.45, 2.75) is 62.8 Å². The van der Waals surface area contributed by atoms with Gasteiger partial charge in [0.25, 0.3) is 0 Å². The molecule has 0 bridgehead atoms. The van der Waals surface area contributed by atoms with E-state index in [4.69, 9.17) is 5.11 Å². The van der Waals surface area contributed by atoms with E-state index in [1.54, 1.807) is 0 Å². The van der Waals surface area contributed by atoms with Gasteiger partial charge in [0.2, 0.25) is 11.8 Å². The van der Waals surface area contributed by atoms with Crippen molar-refractivity contribution in [1.82, 2.24) is 10.2 Å². The maximum absolute atomic E-state index is 12.7. The highest BCUT2D eigenvalue weighted by Crippen LogP contribution is 2.32. The minimum Gasteiger partial charge on any atom is -0.481 e. The summed E-state index contributed by atoms with van der Waals surface area (Å²) < 4.78 is 0. The molecule has 1 atom stereocenters. The summed E-state index contributed by atoms with van der Waals surface area (Å²) in [5.41, 5.74) is 0.805. The second-order valence-electron chi connectivity index (χ2n) is 7.79. The number of aliphatic carboxylic acids is 1. The number of carboxylic acid groups (broad SMARTS) is 1. The summed E-state index contributed by atoms with van der Waals surface area (Å²) in [6.45, 7) is 1.51. The number of carbonyl (C=O) groups excluding carboxylic acids is 2. The summed E-state index contributed by atoms with van der Waals surface area (Å²) in [6.07, 6.45) is 4.24. The van der Waals surface area contributed by atoms with Gasteiger partial charge in [0.05, 0.1) is 0 Å². The molecule has 0 aliphatic carbocycles. The molecule has 6 nitrogen and oxygen atoms in total. The topological polar surface area (TPSA) is 86.7 Å². The van der Waals surface area contributed by atoms with E-state index in [0.717, 1.165) is 25.9 Å². The van der Waals surface area contributed by atoms with Gasteiger partial charge in [0.1, 0.15) is 0 Å². The van der Waals surface area contributed by atoms with E-state index in [1.165, 1.54) is 5.56 Å². The molecule has 2 aliphatic rings. The molecular formula is C21H28N2O4. The normalized spacial score (nSPS) is 23.3. The Kier molecular flexibility index (Phi) is 6.14. The average Bonchev–Trinajstić information content (AvgIpc) is 3.07. The number of carbonyl (C=O) groups is 3. The van der Waals surface area contributed by atoms with Crippen LogP contribution in [0.2, 0.25) is 0 Å². The predicted octanol–water partition coefficient (Wildman–Crippen LogP) is 2.69. The van der Waals surface area contributed by atoms with Gasteiger partial charge in [-0.05, 0) is 43.6 Å². The van der Waals surface area contributed by atoms with E-state index in [9.17, 15) is 14.4 Å². The fourth-order valence-electron chi connectivity index (χ4n) is 4.31. The Labute approximate surface area is 159 Å². The number of likely N-dealkylation sites (tertiary alicyclic amines) is 1. The summed E-state index contributed by atoms with van der Waals surface area (Å²) in [5.74, 6) is -0.301. The molecule has 0 spiro atoms. The van der Waals surface area contributed by atoms with Crippen LogP contribution in [0.25, 0.3) is 0 Å². The zero-order chi connectivity index (χ0) is 19.3. The third kappa shape index (κ3) is 5.08. The van der Waals surface area contributed by atoms with E-state index >= 15 is 0 Å². The van der Waals surface area contributed by atoms with Crippen molar-refractivity contribution in [3.05, 3.63) is 35.9 Å². The first-order chi connectivity index (χ1) is 13.0. The van der Waals surface area contributed by atoms with Gasteiger partial charge < -0.3 is 15.3 Å². The van der Waals surface area contributed by atoms with Crippen LogP contribution in [-0.4, -0.2) is 46.4 Å². The van der Waals surface area contributed by atoms with Crippen molar-refractivity contribution in [1.29, 1.82) is 0 Å². The molecule has 2 amide bonds. The Bertz CT molecular complexity index is 683. The number of piperidine rings is 1. The summed E-state index contributed by atoms with van der Waals surface area (Å²) in [6, 6.07) is 10.4. The standard InChI is InChI=1S/C21H28N2O4/c24-18-6-11-21(22-18,13-8-20(26)27)12-7-19(25)23-14-9-17(10-15-23)16-4-2-1-3-5-16/h1-5,17H,6-15H2,(H,22,24)(H,26,27). The maximum Gasteiger partial charge on any atom is 0.303 e. The van der Waals surface area contributed by atoms with Gasteiger partial charge in [-0.25, -0.2) is 0 Å². The van der Waals surface area contributed by atoms with Crippen LogP contribution in [0.5, 0.6) is 0 Å². The number of benzene rings is 1. The van der Waals surface area contributed by atoms with Gasteiger partial charge in [-0.3, -0.25) is 14.4 Å². The van der Waals surface area contributed by atoms with Crippen LogP contribution in [0.4, 0.5) is 0 Å². The Morgan fingerprint density at radius 3 is 2.37 bits per heavy atom. The highest BCUT2D eigenvalue weighted by Gasteiger charge is 2.38. The molecule has 2 fully saturated rings. The number of nitrogens with one attached hydrogen (secondary N) is 1. The van der Waals surface area contributed by atoms with Crippen molar-refractivity contribution in [2.24, 2.45) is 0 Å². The van der Waals surface area contributed by atoms with E-state index in [2.05, 4.69) is 29.6 Å². The molecule has 146 valence electrons. The number of carboxylic acids is 1. The van der Waals surface area contributed by atoms with Gasteiger partial charge in [0.15, 0.2) is 0 Å². The molecule has 0 radical (unpaired) electrons. The number of rotatable bonds is 7. The summed E-state index contributed by atoms with van der Waals surface area (Å²) in [5, 5.41) is 11.9. The fourth-order valence-corrected chi connectivity index (χ4v) is 4.31. The summed E-state index contributed by atoms with van der Waals surface area (Å²) in [7, 11) is 0. The van der Waals surface area contributed by atoms with Crippen LogP contribution < -0.4 is 5.32 Å². The molecule has 2 saturated heterocycles. The number of nitrogens with zero attached hydrogens (tertiary/aromatic N) is 1. The van der Waals surface area contributed by atoms with Crippen molar-refractivity contribution < 1.29 is 19.5 Å². The quantitative estimate of drug-likeness (QED) is 0.770. The second-order valence-corrected chi connectivity index (χ2v) is 7.79. The first kappa shape index (κ1) is 19.4. The lowest BCUT2D eigenvalue weighted by molar-refractivity contribution is -0.137. The average molecular weight is 372 g/mol. The van der Waals surface area contributed by atoms with E-state index in [1.807, 2.05) is 11.0 Å². The van der Waals surface area contributed by atoms with Gasteiger partial charge in [-0.15, -0.1) is 0 Å². The Morgan fingerprint density at radius 2 is 1.78 bits per heavy atom. The van der Waals surface area contributed by atoms with Crippen molar-refractivity contribution in [3.63, 3.8) is 0 Å². The van der Waals surface area contributed by atoms with E-state index in [0.29, 0.717) is 38.0 Å². The molecule has 0 aromatic heterocycles. The smallest absolute Gasteiger partial charge is 0.303 e. The highest BCUT2D eigenvalue weighted by molar-refractivity contribution is 5.80. The van der Waals surface area contributed by atoms with Crippen LogP contribution in [0.15, 0.2) is 30.3 Å². The minimum absolute atomic E-state index is 0.0109. The van der Waals surface area contributed by atoms with E-state index < -0.39 is 11.5 Å². The van der Waals surface area contributed by atoms with Gasteiger partial charge in [-0.1, -0.05) is 30.3 Å². The van der Waals surface area contributed by atoms with Crippen molar-refractivity contribution in [3.8, 4) is 0 Å². The predicted molar refractivity (Wildman–Crippen MR) is 101 cm³/mol. The van der Waals surface area contributed by atoms with Gasteiger partial charge in [-0.2, -0.15) is 0 Å². The molecule has 1 unspecified atom stereocenters. The summed E-state index contributed by atoms with van der Waals surface area (Å²) in [4.78, 5) is 37.2. The molecule has 2 N–H and O–H groups in total. The lowest BCUT2D eigenvalue weighted by Gasteiger charge is -2.34. The van der Waals surface area contributed by atoms with Gasteiger partial charge >= 0.3 is 5.97 Å². The molecule has 1 aromatic carbocycles. The maximum atomic E-state index is 12.7. The van der Waals surface area contributed by atoms with Crippen LogP contribution in [0, 0.1) is 0 Å². The second kappa shape index (κ2) is 8.55. The van der Waals surface area contributed by atoms with Crippen LogP contribution in [0.3, 0.4) is 0 Å². The molecule has 6 heteroatoms. The van der Waals surface area contributed by atoms with Crippen LogP contribution in [-0.2, 0) is 14.4 Å². The van der Waals surface area contributed by atoms with Gasteiger partial charge in [0, 0.05) is 37.9 Å². The Morgan fingerprint density at radius 1 is 1.11 bits per heavy atom. The SMILES string of the molecule is O=C(O)CCC1(CCC(=O)N2CCC(c3ccccc3)CC2)CCC(=O)N1. The van der Waals surface area contributed by atoms with Crippen molar-refractivity contribution in [2.75, 3.05) is 13.1 Å². The monoisotopic (exact) mass is 372 g/mol. The summed E-state index contributed by atoms with van der Waals surface area (Å²) >= 11 is 0. The molecule has 2 aliphatic heterocycles. The lowest BCUT2D eigenvalue weighted by atomic mass is 9.86. The molecular weight excluding hydrogens is 344 g/mol. The minimum atomic E-state index is -0.871. The zero-order valence-corrected chi connectivity index (χ0v) is 15.7. The fraction of sp³-hybridized carbons (Fsp3) is 0.571. The number of hydrogen-bond acceptors (Lipinski definition) is 3. The van der Waals surface area contributed by atoms with Crippen LogP contribution >= 0.6 is 0 Å². The Balaban J connectivity index is 1.50. The first-order valence-electron chi connectivity index (χ1n) is 9.83. The lowest BCUT2D eigenvalue weighted by Crippen LogP contribution is -2.44. The third-order valence-electron chi connectivity index (χ3n) is 5.99. The largest absolute Gasteiger partial charge is 0.481 e. The molecule has 0 saturated carbocycles. The van der Waals surface area contributed by atoms with E-state index in [-0.39, 0.29) is 18.2 Å². The Hall–Kier alpha value is -2.37. The third-order valence-corrected chi connectivity index (χ3v) is 5.99. The molecule has 3 rings (SSSR count). The molecule has 1 aromatic rings. The van der Waals surface area contributed by atoms with Crippen molar-refractivity contribution >= 4 is 17.8 Å². The zero-order valence-electron chi connectivity index (χ0n) is 15.7. The number of hydrogen-bond donors (Lipinski definition) is 2. The number of amides is 2.